The normalized spacial score (nSPS) is 14.6. The number of amides is 3. The Labute approximate surface area is 247 Å². The molecule has 2 aromatic heterocycles. The summed E-state index contributed by atoms with van der Waals surface area (Å²) in [5, 5.41) is 9.29. The van der Waals surface area contributed by atoms with E-state index in [9.17, 15) is 32.3 Å². The highest BCUT2D eigenvalue weighted by Crippen LogP contribution is 2.30. The Bertz CT molecular complexity index is 1600. The van der Waals surface area contributed by atoms with E-state index in [4.69, 9.17) is 0 Å². The lowest BCUT2D eigenvalue weighted by atomic mass is 9.84. The number of hydrogen-bond donors (Lipinski definition) is 2. The Hall–Kier alpha value is -4.42. The molecule has 230 valence electrons. The lowest BCUT2D eigenvalue weighted by molar-refractivity contribution is -0.119. The van der Waals surface area contributed by atoms with Crippen molar-refractivity contribution in [1.82, 2.24) is 24.6 Å². The first-order valence-electron chi connectivity index (χ1n) is 13.9. The zero-order valence-electron chi connectivity index (χ0n) is 25.0. The van der Waals surface area contributed by atoms with E-state index < -0.39 is 47.0 Å². The standard InChI is InChI=1S/C30H35F3N6O4/c1-7-30(10-12-39(13-11-30)29(43)20-15-37(5)36-23(20)26(32)33)35-28(42)25(40)24-17(3)22(18(4)38(24)6)27(41)34-19-8-9-21(31)16(2)14-19/h8-9,14-15,26H,7,10-13H2,1-6H3,(H,34,41)(H,35,42). The summed E-state index contributed by atoms with van der Waals surface area (Å²) in [5.74, 6) is -3.13. The summed E-state index contributed by atoms with van der Waals surface area (Å²) >= 11 is 0. The minimum absolute atomic E-state index is 0.0606. The first kappa shape index (κ1) is 31.5. The quantitative estimate of drug-likeness (QED) is 0.294. The van der Waals surface area contributed by atoms with Crippen LogP contribution in [0.3, 0.4) is 0 Å². The molecular formula is C30H35F3N6O4. The third kappa shape index (κ3) is 6.06. The number of aromatic nitrogens is 3. The molecule has 4 rings (SSSR count). The minimum atomic E-state index is -2.90. The fraction of sp³-hybridized carbons (Fsp3) is 0.433. The number of aryl methyl sites for hydroxylation is 2. The van der Waals surface area contributed by atoms with E-state index in [1.807, 2.05) is 6.92 Å². The van der Waals surface area contributed by atoms with E-state index in [2.05, 4.69) is 15.7 Å². The second kappa shape index (κ2) is 12.1. The Balaban J connectivity index is 1.48. The second-order valence-electron chi connectivity index (χ2n) is 11.0. The van der Waals surface area contributed by atoms with Crippen LogP contribution in [0, 0.1) is 26.6 Å². The topological polar surface area (TPSA) is 118 Å². The highest BCUT2D eigenvalue weighted by atomic mass is 19.3. The van der Waals surface area contributed by atoms with E-state index >= 15 is 0 Å². The average molecular weight is 601 g/mol. The van der Waals surface area contributed by atoms with Crippen LogP contribution >= 0.6 is 0 Å². The van der Waals surface area contributed by atoms with Crippen molar-refractivity contribution in [1.29, 1.82) is 0 Å². The van der Waals surface area contributed by atoms with Crippen molar-refractivity contribution in [3.05, 3.63) is 69.5 Å². The number of carbonyl (C=O) groups excluding carboxylic acids is 4. The number of carbonyl (C=O) groups is 4. The third-order valence-electron chi connectivity index (χ3n) is 8.35. The molecule has 1 fully saturated rings. The second-order valence-corrected chi connectivity index (χ2v) is 11.0. The fourth-order valence-corrected chi connectivity index (χ4v) is 5.66. The van der Waals surface area contributed by atoms with Gasteiger partial charge in [-0.3, -0.25) is 23.9 Å². The number of hydrogen-bond acceptors (Lipinski definition) is 5. The molecule has 10 nitrogen and oxygen atoms in total. The van der Waals surface area contributed by atoms with E-state index in [0.717, 1.165) is 0 Å². The Kier molecular flexibility index (Phi) is 8.84. The molecule has 0 aliphatic carbocycles. The molecule has 0 atom stereocenters. The summed E-state index contributed by atoms with van der Waals surface area (Å²) in [7, 11) is 3.05. The van der Waals surface area contributed by atoms with Gasteiger partial charge in [-0.1, -0.05) is 6.92 Å². The molecule has 3 heterocycles. The molecule has 1 aliphatic rings. The average Bonchev–Trinajstić information content (AvgIpc) is 3.46. The van der Waals surface area contributed by atoms with Gasteiger partial charge in [0.2, 0.25) is 0 Å². The summed E-state index contributed by atoms with van der Waals surface area (Å²) in [5.41, 5.74) is 0.315. The molecule has 0 bridgehead atoms. The van der Waals surface area contributed by atoms with E-state index in [1.54, 1.807) is 27.8 Å². The molecule has 0 spiro atoms. The molecule has 13 heteroatoms. The Morgan fingerprint density at radius 3 is 2.30 bits per heavy atom. The number of nitrogens with zero attached hydrogens (tertiary/aromatic N) is 4. The van der Waals surface area contributed by atoms with Gasteiger partial charge >= 0.3 is 0 Å². The maximum Gasteiger partial charge on any atom is 0.294 e. The van der Waals surface area contributed by atoms with Crippen LogP contribution in [0.1, 0.15) is 86.3 Å². The van der Waals surface area contributed by atoms with E-state index in [-0.39, 0.29) is 29.9 Å². The molecule has 1 saturated heterocycles. The number of Topliss-reactive ketones (excluding diaryl/α,β-unsaturated/α-hetero) is 1. The van der Waals surface area contributed by atoms with Gasteiger partial charge < -0.3 is 20.1 Å². The van der Waals surface area contributed by atoms with Crippen molar-refractivity contribution in [3.8, 4) is 0 Å². The van der Waals surface area contributed by atoms with Gasteiger partial charge in [0.05, 0.1) is 16.8 Å². The molecule has 3 amide bonds. The van der Waals surface area contributed by atoms with Crippen molar-refractivity contribution in [2.75, 3.05) is 18.4 Å². The minimum Gasteiger partial charge on any atom is -0.344 e. The van der Waals surface area contributed by atoms with Crippen LogP contribution in [0.4, 0.5) is 18.9 Å². The van der Waals surface area contributed by atoms with Crippen molar-refractivity contribution in [3.63, 3.8) is 0 Å². The van der Waals surface area contributed by atoms with Crippen molar-refractivity contribution < 1.29 is 32.3 Å². The highest BCUT2D eigenvalue weighted by molar-refractivity contribution is 6.43. The van der Waals surface area contributed by atoms with Crippen LogP contribution < -0.4 is 10.6 Å². The number of piperidine rings is 1. The fourth-order valence-electron chi connectivity index (χ4n) is 5.66. The number of ketones is 1. The summed E-state index contributed by atoms with van der Waals surface area (Å²) in [6.07, 6.45) is -0.527. The van der Waals surface area contributed by atoms with Crippen LogP contribution in [0.25, 0.3) is 0 Å². The summed E-state index contributed by atoms with van der Waals surface area (Å²) in [6.45, 7) is 7.06. The highest BCUT2D eigenvalue weighted by Gasteiger charge is 2.39. The van der Waals surface area contributed by atoms with Crippen LogP contribution in [0.5, 0.6) is 0 Å². The van der Waals surface area contributed by atoms with E-state index in [1.165, 1.54) is 45.6 Å². The zero-order valence-corrected chi connectivity index (χ0v) is 25.0. The van der Waals surface area contributed by atoms with Gasteiger partial charge in [-0.25, -0.2) is 13.2 Å². The predicted molar refractivity (Wildman–Crippen MR) is 153 cm³/mol. The monoisotopic (exact) mass is 600 g/mol. The lowest BCUT2D eigenvalue weighted by Crippen LogP contribution is -2.57. The molecule has 2 N–H and O–H groups in total. The van der Waals surface area contributed by atoms with Gasteiger partial charge in [0.25, 0.3) is 29.9 Å². The number of halogens is 3. The first-order valence-corrected chi connectivity index (χ1v) is 13.9. The Morgan fingerprint density at radius 1 is 1.07 bits per heavy atom. The molecule has 0 radical (unpaired) electrons. The van der Waals surface area contributed by atoms with Crippen molar-refractivity contribution >= 4 is 29.2 Å². The predicted octanol–water partition coefficient (Wildman–Crippen LogP) is 4.40. The number of alkyl halides is 2. The van der Waals surface area contributed by atoms with Crippen LogP contribution in [0.15, 0.2) is 24.4 Å². The van der Waals surface area contributed by atoms with Gasteiger partial charge in [-0.15, -0.1) is 0 Å². The number of benzene rings is 1. The Morgan fingerprint density at radius 2 is 1.72 bits per heavy atom. The molecule has 0 unspecified atom stereocenters. The first-order chi connectivity index (χ1) is 20.2. The summed E-state index contributed by atoms with van der Waals surface area (Å²) in [6, 6.07) is 4.18. The number of nitrogens with one attached hydrogen (secondary N) is 2. The van der Waals surface area contributed by atoms with Crippen molar-refractivity contribution in [2.45, 2.75) is 58.9 Å². The molecule has 1 aliphatic heterocycles. The van der Waals surface area contributed by atoms with Gasteiger partial charge in [0.1, 0.15) is 11.5 Å². The molecular weight excluding hydrogens is 565 g/mol. The summed E-state index contributed by atoms with van der Waals surface area (Å²) in [4.78, 5) is 54.4. The lowest BCUT2D eigenvalue weighted by Gasteiger charge is -2.41. The van der Waals surface area contributed by atoms with Gasteiger partial charge in [-0.05, 0) is 69.4 Å². The number of likely N-dealkylation sites (tertiary alicyclic amines) is 1. The van der Waals surface area contributed by atoms with Crippen LogP contribution in [0.2, 0.25) is 0 Å². The van der Waals surface area contributed by atoms with E-state index in [0.29, 0.717) is 41.8 Å². The number of anilines is 1. The van der Waals surface area contributed by atoms with Gasteiger partial charge in [0.15, 0.2) is 0 Å². The van der Waals surface area contributed by atoms with Gasteiger partial charge in [-0.2, -0.15) is 5.10 Å². The third-order valence-corrected chi connectivity index (χ3v) is 8.35. The van der Waals surface area contributed by atoms with Gasteiger partial charge in [0, 0.05) is 50.3 Å². The van der Waals surface area contributed by atoms with Crippen molar-refractivity contribution in [2.24, 2.45) is 14.1 Å². The maximum atomic E-state index is 13.7. The van der Waals surface area contributed by atoms with Crippen LogP contribution in [-0.2, 0) is 18.9 Å². The largest absolute Gasteiger partial charge is 0.344 e. The smallest absolute Gasteiger partial charge is 0.294 e. The molecule has 0 saturated carbocycles. The molecule has 1 aromatic carbocycles. The number of rotatable bonds is 8. The molecule has 43 heavy (non-hydrogen) atoms. The summed E-state index contributed by atoms with van der Waals surface area (Å²) < 4.78 is 43.1. The SMILES string of the molecule is CCC1(NC(=O)C(=O)c2c(C)c(C(=O)Nc3ccc(F)c(C)c3)c(C)n2C)CCN(C(=O)c2cn(C)nc2C(F)F)CC1. The maximum absolute atomic E-state index is 13.7. The van der Waals surface area contributed by atoms with Crippen LogP contribution in [-0.4, -0.2) is 61.4 Å². The zero-order chi connectivity index (χ0) is 31.8. The molecule has 3 aromatic rings.